The van der Waals surface area contributed by atoms with Gasteiger partial charge in [0, 0.05) is 17.1 Å². The number of nitrogens with zero attached hydrogens (tertiary/aromatic N) is 2. The Morgan fingerprint density at radius 2 is 1.67 bits per heavy atom. The van der Waals surface area contributed by atoms with Crippen molar-refractivity contribution in [2.45, 2.75) is 0 Å². The number of nitrogens with one attached hydrogen (secondary N) is 1. The second-order valence-corrected chi connectivity index (χ2v) is 4.67. The molecule has 7 heteroatoms. The van der Waals surface area contributed by atoms with Crippen LogP contribution in [0.3, 0.4) is 0 Å². The summed E-state index contributed by atoms with van der Waals surface area (Å²) in [6.07, 6.45) is 1.22. The minimum absolute atomic E-state index is 0.0596. The zero-order chi connectivity index (χ0) is 15.0. The van der Waals surface area contributed by atoms with Gasteiger partial charge in [-0.3, -0.25) is 0 Å². The van der Waals surface area contributed by atoms with Crippen molar-refractivity contribution < 1.29 is 13.2 Å². The van der Waals surface area contributed by atoms with Crippen molar-refractivity contribution in [3.8, 4) is 0 Å². The Morgan fingerprint density at radius 3 is 2.43 bits per heavy atom. The first-order valence-corrected chi connectivity index (χ1v) is 6.24. The van der Waals surface area contributed by atoms with Crippen LogP contribution in [-0.2, 0) is 0 Å². The minimum atomic E-state index is -1.00. The summed E-state index contributed by atoms with van der Waals surface area (Å²) in [6.45, 7) is 0. The second-order valence-electron chi connectivity index (χ2n) is 4.26. The van der Waals surface area contributed by atoms with E-state index in [1.165, 1.54) is 24.5 Å². The van der Waals surface area contributed by atoms with Gasteiger partial charge in [-0.2, -0.15) is 0 Å². The lowest BCUT2D eigenvalue weighted by atomic mass is 10.2. The highest BCUT2D eigenvalue weighted by Crippen LogP contribution is 2.27. The topological polar surface area (TPSA) is 37.8 Å². The number of anilines is 2. The molecule has 0 saturated heterocycles. The molecule has 0 aliphatic carbocycles. The first-order valence-electron chi connectivity index (χ1n) is 5.86. The van der Waals surface area contributed by atoms with E-state index in [0.29, 0.717) is 11.1 Å². The maximum Gasteiger partial charge on any atom is 0.161 e. The third kappa shape index (κ3) is 2.62. The molecular formula is C14H7ClF3N3. The van der Waals surface area contributed by atoms with Gasteiger partial charge in [-0.05, 0) is 24.3 Å². The molecule has 21 heavy (non-hydrogen) atoms. The maximum atomic E-state index is 13.4. The van der Waals surface area contributed by atoms with Gasteiger partial charge in [0.05, 0.1) is 10.5 Å². The van der Waals surface area contributed by atoms with E-state index in [9.17, 15) is 13.2 Å². The van der Waals surface area contributed by atoms with Gasteiger partial charge in [-0.15, -0.1) is 0 Å². The molecule has 1 heterocycles. The molecule has 0 spiro atoms. The van der Waals surface area contributed by atoms with Crippen LogP contribution in [0.4, 0.5) is 24.7 Å². The molecule has 0 fully saturated rings. The summed E-state index contributed by atoms with van der Waals surface area (Å²) in [5.74, 6) is -2.28. The van der Waals surface area contributed by atoms with Gasteiger partial charge in [0.2, 0.25) is 0 Å². The van der Waals surface area contributed by atoms with E-state index < -0.39 is 17.5 Å². The Morgan fingerprint density at radius 1 is 0.905 bits per heavy atom. The molecule has 2 aromatic carbocycles. The fourth-order valence-corrected chi connectivity index (χ4v) is 2.04. The Hall–Kier alpha value is -2.34. The molecule has 0 atom stereocenters. The average Bonchev–Trinajstić information content (AvgIpc) is 2.45. The number of fused-ring (bicyclic) bond motifs is 1. The molecule has 0 amide bonds. The number of benzene rings is 2. The van der Waals surface area contributed by atoms with Crippen LogP contribution in [0.2, 0.25) is 5.02 Å². The van der Waals surface area contributed by atoms with Crippen LogP contribution in [0.15, 0.2) is 36.7 Å². The third-order valence-corrected chi connectivity index (χ3v) is 3.15. The monoisotopic (exact) mass is 309 g/mol. The number of hydrogen-bond donors (Lipinski definition) is 1. The second kappa shape index (κ2) is 5.21. The number of rotatable bonds is 2. The van der Waals surface area contributed by atoms with Crippen LogP contribution in [0.1, 0.15) is 0 Å². The number of aromatic nitrogens is 2. The third-order valence-electron chi connectivity index (χ3n) is 2.86. The van der Waals surface area contributed by atoms with Crippen LogP contribution in [0.5, 0.6) is 0 Å². The summed E-state index contributed by atoms with van der Waals surface area (Å²) >= 11 is 5.69. The van der Waals surface area contributed by atoms with Crippen LogP contribution in [-0.4, -0.2) is 9.97 Å². The van der Waals surface area contributed by atoms with E-state index in [0.717, 1.165) is 12.1 Å². The Bertz CT molecular complexity index is 839. The van der Waals surface area contributed by atoms with Gasteiger partial charge in [0.1, 0.15) is 18.0 Å². The number of halogens is 4. The summed E-state index contributed by atoms with van der Waals surface area (Å²) in [7, 11) is 0. The van der Waals surface area contributed by atoms with E-state index in [-0.39, 0.29) is 16.4 Å². The van der Waals surface area contributed by atoms with Crippen molar-refractivity contribution in [2.75, 3.05) is 5.32 Å². The smallest absolute Gasteiger partial charge is 0.161 e. The van der Waals surface area contributed by atoms with Crippen LogP contribution in [0.25, 0.3) is 10.9 Å². The highest BCUT2D eigenvalue weighted by Gasteiger charge is 2.10. The van der Waals surface area contributed by atoms with Gasteiger partial charge in [0.15, 0.2) is 11.6 Å². The Labute approximate surface area is 122 Å². The summed E-state index contributed by atoms with van der Waals surface area (Å²) < 4.78 is 39.7. The standard InChI is InChI=1S/C14H7ClF3N3/c15-9-3-7(1-2-10(9)16)21-14-8-4-11(17)12(18)5-13(8)19-6-20-14/h1-6H,(H,19,20,21). The quantitative estimate of drug-likeness (QED) is 0.760. The SMILES string of the molecule is Fc1cc2ncnc(Nc3ccc(F)c(Cl)c3)c2cc1F. The lowest BCUT2D eigenvalue weighted by Crippen LogP contribution is -1.98. The largest absolute Gasteiger partial charge is 0.340 e. The van der Waals surface area contributed by atoms with Gasteiger partial charge in [-0.1, -0.05) is 11.6 Å². The molecule has 1 aromatic heterocycles. The highest BCUT2D eigenvalue weighted by molar-refractivity contribution is 6.31. The van der Waals surface area contributed by atoms with E-state index in [1.807, 2.05) is 0 Å². The van der Waals surface area contributed by atoms with Gasteiger partial charge in [0.25, 0.3) is 0 Å². The highest BCUT2D eigenvalue weighted by atomic mass is 35.5. The molecular weight excluding hydrogens is 303 g/mol. The summed E-state index contributed by atoms with van der Waals surface area (Å²) in [5, 5.41) is 3.11. The van der Waals surface area contributed by atoms with Crippen molar-refractivity contribution in [1.82, 2.24) is 9.97 Å². The molecule has 106 valence electrons. The van der Waals surface area contributed by atoms with Gasteiger partial charge in [-0.25, -0.2) is 23.1 Å². The zero-order valence-electron chi connectivity index (χ0n) is 10.4. The van der Waals surface area contributed by atoms with Crippen LogP contribution < -0.4 is 5.32 Å². The predicted molar refractivity (Wildman–Crippen MR) is 74.1 cm³/mol. The normalized spacial score (nSPS) is 10.9. The maximum absolute atomic E-state index is 13.4. The molecule has 3 nitrogen and oxygen atoms in total. The van der Waals surface area contributed by atoms with Crippen molar-refractivity contribution in [3.05, 3.63) is 59.1 Å². The van der Waals surface area contributed by atoms with E-state index in [2.05, 4.69) is 15.3 Å². The zero-order valence-corrected chi connectivity index (χ0v) is 11.1. The Balaban J connectivity index is 2.07. The number of hydrogen-bond acceptors (Lipinski definition) is 3. The molecule has 0 unspecified atom stereocenters. The van der Waals surface area contributed by atoms with Gasteiger partial charge < -0.3 is 5.32 Å². The fourth-order valence-electron chi connectivity index (χ4n) is 1.86. The summed E-state index contributed by atoms with van der Waals surface area (Å²) in [4.78, 5) is 7.85. The Kier molecular flexibility index (Phi) is 3.39. The van der Waals surface area contributed by atoms with Crippen molar-refractivity contribution in [1.29, 1.82) is 0 Å². The molecule has 0 bridgehead atoms. The molecule has 0 aliphatic rings. The summed E-state index contributed by atoms with van der Waals surface area (Å²) in [5.41, 5.74) is 0.714. The fraction of sp³-hybridized carbons (Fsp3) is 0. The van der Waals surface area contributed by atoms with E-state index >= 15 is 0 Å². The van der Waals surface area contributed by atoms with Gasteiger partial charge >= 0.3 is 0 Å². The first kappa shape index (κ1) is 13.6. The van der Waals surface area contributed by atoms with Crippen molar-refractivity contribution in [2.24, 2.45) is 0 Å². The average molecular weight is 310 g/mol. The molecule has 0 aliphatic heterocycles. The van der Waals surface area contributed by atoms with Crippen molar-refractivity contribution in [3.63, 3.8) is 0 Å². The minimum Gasteiger partial charge on any atom is -0.340 e. The molecule has 0 radical (unpaired) electrons. The molecule has 1 N–H and O–H groups in total. The lowest BCUT2D eigenvalue weighted by molar-refractivity contribution is 0.510. The van der Waals surface area contributed by atoms with Crippen LogP contribution >= 0.6 is 11.6 Å². The first-order chi connectivity index (χ1) is 10.0. The molecule has 3 aromatic rings. The van der Waals surface area contributed by atoms with Crippen molar-refractivity contribution >= 4 is 34.0 Å². The molecule has 3 rings (SSSR count). The van der Waals surface area contributed by atoms with E-state index in [1.54, 1.807) is 0 Å². The molecule has 0 saturated carbocycles. The van der Waals surface area contributed by atoms with E-state index in [4.69, 9.17) is 11.6 Å². The van der Waals surface area contributed by atoms with Crippen LogP contribution in [0, 0.1) is 17.5 Å². The predicted octanol–water partition coefficient (Wildman–Crippen LogP) is 4.44. The summed E-state index contributed by atoms with van der Waals surface area (Å²) in [6, 6.07) is 5.99. The lowest BCUT2D eigenvalue weighted by Gasteiger charge is -2.09.